The van der Waals surface area contributed by atoms with Gasteiger partial charge in [0.25, 0.3) is 5.91 Å². The minimum Gasteiger partial charge on any atom is -0.341 e. The van der Waals surface area contributed by atoms with Crippen molar-refractivity contribution in [3.05, 3.63) is 100 Å². The fraction of sp³-hybridized carbons (Fsp3) is 0.182. The van der Waals surface area contributed by atoms with Gasteiger partial charge in [-0.2, -0.15) is 0 Å². The van der Waals surface area contributed by atoms with Crippen LogP contribution in [0.25, 0.3) is 0 Å². The molecular formula is C22H22N2O. The quantitative estimate of drug-likeness (QED) is 0.764. The zero-order valence-corrected chi connectivity index (χ0v) is 14.8. The minimum atomic E-state index is -0.235. The van der Waals surface area contributed by atoms with Crippen molar-refractivity contribution in [2.45, 2.75) is 26.8 Å². The number of nitrogens with one attached hydrogen (secondary N) is 1. The zero-order chi connectivity index (χ0) is 17.8. The monoisotopic (exact) mass is 330 g/mol. The molecule has 3 aromatic rings. The number of hydrogen-bond donors (Lipinski definition) is 1. The van der Waals surface area contributed by atoms with Crippen molar-refractivity contribution in [2.75, 3.05) is 0 Å². The summed E-state index contributed by atoms with van der Waals surface area (Å²) < 4.78 is 0. The number of aryl methyl sites for hydroxylation is 3. The molecule has 1 heterocycles. The topological polar surface area (TPSA) is 42.0 Å². The van der Waals surface area contributed by atoms with Crippen molar-refractivity contribution in [3.8, 4) is 0 Å². The summed E-state index contributed by atoms with van der Waals surface area (Å²) in [5.74, 6) is -0.0872. The van der Waals surface area contributed by atoms with E-state index in [1.54, 1.807) is 12.4 Å². The third-order valence-electron chi connectivity index (χ3n) is 4.44. The molecule has 1 N–H and O–H groups in total. The Morgan fingerprint density at radius 1 is 0.920 bits per heavy atom. The third kappa shape index (κ3) is 3.94. The van der Waals surface area contributed by atoms with Crippen LogP contribution < -0.4 is 5.32 Å². The summed E-state index contributed by atoms with van der Waals surface area (Å²) in [6, 6.07) is 17.6. The minimum absolute atomic E-state index is 0.0872. The number of carbonyl (C=O) groups is 1. The second-order valence-electron chi connectivity index (χ2n) is 6.41. The molecule has 3 nitrogen and oxygen atoms in total. The lowest BCUT2D eigenvalue weighted by molar-refractivity contribution is 0.0943. The van der Waals surface area contributed by atoms with Gasteiger partial charge in [0, 0.05) is 18.0 Å². The first-order valence-corrected chi connectivity index (χ1v) is 8.39. The van der Waals surface area contributed by atoms with Crippen molar-refractivity contribution in [3.63, 3.8) is 0 Å². The maximum Gasteiger partial charge on any atom is 0.252 e. The van der Waals surface area contributed by atoms with Gasteiger partial charge in [0.15, 0.2) is 0 Å². The van der Waals surface area contributed by atoms with E-state index in [0.717, 1.165) is 16.7 Å². The number of benzene rings is 2. The Bertz CT molecular complexity index is 888. The highest BCUT2D eigenvalue weighted by atomic mass is 16.1. The van der Waals surface area contributed by atoms with Crippen LogP contribution in [0, 0.1) is 20.8 Å². The van der Waals surface area contributed by atoms with Gasteiger partial charge in [0.2, 0.25) is 0 Å². The standard InChI is InChI=1S/C22H22N2O/c1-15-6-4-7-19(12-15)22(25)24-21(20-8-5-11-23-14-20)18-10-9-16(2)17(3)13-18/h4-14,21H,1-3H3,(H,24,25)/t21-/m1/s1. The number of amides is 1. The first-order valence-electron chi connectivity index (χ1n) is 8.39. The van der Waals surface area contributed by atoms with Gasteiger partial charge in [-0.1, -0.05) is 42.0 Å². The molecular weight excluding hydrogens is 308 g/mol. The Morgan fingerprint density at radius 2 is 1.76 bits per heavy atom. The van der Waals surface area contributed by atoms with E-state index in [1.165, 1.54) is 11.1 Å². The molecule has 0 bridgehead atoms. The number of pyridine rings is 1. The predicted molar refractivity (Wildman–Crippen MR) is 101 cm³/mol. The maximum atomic E-state index is 12.8. The highest BCUT2D eigenvalue weighted by molar-refractivity contribution is 5.94. The molecule has 0 spiro atoms. The largest absolute Gasteiger partial charge is 0.341 e. The fourth-order valence-corrected chi connectivity index (χ4v) is 2.85. The summed E-state index contributed by atoms with van der Waals surface area (Å²) >= 11 is 0. The normalized spacial score (nSPS) is 11.8. The van der Waals surface area contributed by atoms with Gasteiger partial charge in [-0.05, 0) is 61.2 Å². The second kappa shape index (κ2) is 7.31. The van der Waals surface area contributed by atoms with Crippen LogP contribution in [0.2, 0.25) is 0 Å². The van der Waals surface area contributed by atoms with Crippen LogP contribution in [0.4, 0.5) is 0 Å². The van der Waals surface area contributed by atoms with Gasteiger partial charge in [0.1, 0.15) is 0 Å². The predicted octanol–water partition coefficient (Wildman–Crippen LogP) is 4.53. The Labute approximate surface area is 148 Å². The van der Waals surface area contributed by atoms with Crippen molar-refractivity contribution in [2.24, 2.45) is 0 Å². The van der Waals surface area contributed by atoms with E-state index in [1.807, 2.05) is 43.3 Å². The lowest BCUT2D eigenvalue weighted by Gasteiger charge is -2.20. The van der Waals surface area contributed by atoms with Crippen LogP contribution in [-0.4, -0.2) is 10.9 Å². The molecule has 0 aliphatic carbocycles. The van der Waals surface area contributed by atoms with Crippen LogP contribution >= 0.6 is 0 Å². The number of hydrogen-bond acceptors (Lipinski definition) is 2. The lowest BCUT2D eigenvalue weighted by Crippen LogP contribution is -2.29. The highest BCUT2D eigenvalue weighted by Crippen LogP contribution is 2.24. The van der Waals surface area contributed by atoms with Crippen LogP contribution in [0.3, 0.4) is 0 Å². The van der Waals surface area contributed by atoms with Gasteiger partial charge in [0.05, 0.1) is 6.04 Å². The summed E-state index contributed by atoms with van der Waals surface area (Å²) in [7, 11) is 0. The van der Waals surface area contributed by atoms with Crippen LogP contribution in [0.1, 0.15) is 44.2 Å². The van der Waals surface area contributed by atoms with E-state index in [0.29, 0.717) is 5.56 Å². The van der Waals surface area contributed by atoms with Crippen LogP contribution in [0.15, 0.2) is 67.0 Å². The molecule has 0 unspecified atom stereocenters. The molecule has 3 heteroatoms. The van der Waals surface area contributed by atoms with E-state index in [4.69, 9.17) is 0 Å². The number of nitrogens with zero attached hydrogens (tertiary/aromatic N) is 1. The zero-order valence-electron chi connectivity index (χ0n) is 14.8. The van der Waals surface area contributed by atoms with Gasteiger partial charge in [-0.3, -0.25) is 9.78 Å². The molecule has 0 radical (unpaired) electrons. The van der Waals surface area contributed by atoms with Gasteiger partial charge in [-0.15, -0.1) is 0 Å². The van der Waals surface area contributed by atoms with Crippen molar-refractivity contribution < 1.29 is 4.79 Å². The molecule has 0 saturated heterocycles. The van der Waals surface area contributed by atoms with E-state index in [-0.39, 0.29) is 11.9 Å². The number of carbonyl (C=O) groups excluding carboxylic acids is 1. The summed E-state index contributed by atoms with van der Waals surface area (Å²) in [5.41, 5.74) is 6.19. The molecule has 2 aromatic carbocycles. The molecule has 126 valence electrons. The van der Waals surface area contributed by atoms with Crippen molar-refractivity contribution in [1.82, 2.24) is 10.3 Å². The summed E-state index contributed by atoms with van der Waals surface area (Å²) in [5, 5.41) is 3.16. The molecule has 0 aliphatic heterocycles. The summed E-state index contributed by atoms with van der Waals surface area (Å²) in [4.78, 5) is 17.0. The maximum absolute atomic E-state index is 12.8. The molecule has 0 saturated carbocycles. The molecule has 0 aliphatic rings. The first-order chi connectivity index (χ1) is 12.0. The third-order valence-corrected chi connectivity index (χ3v) is 4.44. The number of rotatable bonds is 4. The smallest absolute Gasteiger partial charge is 0.252 e. The molecule has 1 atom stereocenters. The second-order valence-corrected chi connectivity index (χ2v) is 6.41. The Morgan fingerprint density at radius 3 is 2.44 bits per heavy atom. The highest BCUT2D eigenvalue weighted by Gasteiger charge is 2.18. The Hall–Kier alpha value is -2.94. The van der Waals surface area contributed by atoms with E-state index in [9.17, 15) is 4.79 Å². The van der Waals surface area contributed by atoms with Crippen LogP contribution in [-0.2, 0) is 0 Å². The summed E-state index contributed by atoms with van der Waals surface area (Å²) in [6.07, 6.45) is 3.54. The molecule has 0 fully saturated rings. The molecule has 25 heavy (non-hydrogen) atoms. The van der Waals surface area contributed by atoms with E-state index < -0.39 is 0 Å². The van der Waals surface area contributed by atoms with Crippen LogP contribution in [0.5, 0.6) is 0 Å². The lowest BCUT2D eigenvalue weighted by atomic mass is 9.96. The SMILES string of the molecule is Cc1cccc(C(=O)N[C@@H](c2cccnc2)c2ccc(C)c(C)c2)c1. The molecule has 1 aromatic heterocycles. The van der Waals surface area contributed by atoms with Gasteiger partial charge >= 0.3 is 0 Å². The number of aromatic nitrogens is 1. The Balaban J connectivity index is 1.97. The Kier molecular flexibility index (Phi) is 4.94. The van der Waals surface area contributed by atoms with Gasteiger partial charge < -0.3 is 5.32 Å². The van der Waals surface area contributed by atoms with Gasteiger partial charge in [-0.25, -0.2) is 0 Å². The van der Waals surface area contributed by atoms with Crippen molar-refractivity contribution >= 4 is 5.91 Å². The first kappa shape index (κ1) is 16.9. The molecule has 1 amide bonds. The fourth-order valence-electron chi connectivity index (χ4n) is 2.85. The summed E-state index contributed by atoms with van der Waals surface area (Å²) in [6.45, 7) is 6.16. The average molecular weight is 330 g/mol. The van der Waals surface area contributed by atoms with Crippen molar-refractivity contribution in [1.29, 1.82) is 0 Å². The van der Waals surface area contributed by atoms with E-state index >= 15 is 0 Å². The molecule has 3 rings (SSSR count). The average Bonchev–Trinajstić information content (AvgIpc) is 2.62. The van der Waals surface area contributed by atoms with E-state index in [2.05, 4.69) is 42.3 Å².